The van der Waals surface area contributed by atoms with Crippen molar-refractivity contribution < 1.29 is 26.8 Å². The molecule has 4 aromatic rings. The number of carbonyl (C=O) groups is 2. The van der Waals surface area contributed by atoms with Gasteiger partial charge in [-0.1, -0.05) is 85.1 Å². The smallest absolute Gasteiger partial charge is 0.264 e. The Morgan fingerprint density at radius 3 is 2.11 bits per heavy atom. The molecule has 7 nitrogen and oxygen atoms in total. The van der Waals surface area contributed by atoms with E-state index < -0.39 is 40.2 Å². The van der Waals surface area contributed by atoms with E-state index in [0.29, 0.717) is 5.56 Å². The molecule has 0 heterocycles. The number of halogens is 2. The van der Waals surface area contributed by atoms with Gasteiger partial charge in [-0.2, -0.15) is 0 Å². The highest BCUT2D eigenvalue weighted by Crippen LogP contribution is 2.28. The molecule has 0 spiro atoms. The van der Waals surface area contributed by atoms with E-state index in [1.807, 2.05) is 37.3 Å². The molecule has 46 heavy (non-hydrogen) atoms. The SMILES string of the molecule is Cc1ccc(S(=O)(=O)N(CC(=O)N(Cc2ccc(F)cc2)C(Cc2ccccc2)C(=O)NC2CCCC2)c2ccccc2F)cc1. The van der Waals surface area contributed by atoms with Crippen LogP contribution in [0.2, 0.25) is 0 Å². The molecule has 1 atom stereocenters. The van der Waals surface area contributed by atoms with E-state index in [0.717, 1.165) is 47.2 Å². The number of nitrogens with one attached hydrogen (secondary N) is 1. The molecule has 1 aliphatic rings. The van der Waals surface area contributed by atoms with Gasteiger partial charge in [-0.25, -0.2) is 17.2 Å². The molecule has 4 aromatic carbocycles. The zero-order valence-corrected chi connectivity index (χ0v) is 26.4. The topological polar surface area (TPSA) is 86.8 Å². The zero-order chi connectivity index (χ0) is 32.7. The molecule has 1 unspecified atom stereocenters. The minimum absolute atomic E-state index is 0.0367. The molecular formula is C36H37F2N3O4S. The fraction of sp³-hybridized carbons (Fsp3) is 0.278. The Morgan fingerprint density at radius 1 is 0.826 bits per heavy atom. The third-order valence-corrected chi connectivity index (χ3v) is 10.0. The summed E-state index contributed by atoms with van der Waals surface area (Å²) in [4.78, 5) is 29.7. The number of carbonyl (C=O) groups excluding carboxylic acids is 2. The predicted octanol–water partition coefficient (Wildman–Crippen LogP) is 6.17. The minimum Gasteiger partial charge on any atom is -0.352 e. The molecule has 0 aromatic heterocycles. The van der Waals surface area contributed by atoms with Gasteiger partial charge < -0.3 is 10.2 Å². The highest BCUT2D eigenvalue weighted by Gasteiger charge is 2.36. The second-order valence-electron chi connectivity index (χ2n) is 11.6. The number of anilines is 1. The summed E-state index contributed by atoms with van der Waals surface area (Å²) in [5.41, 5.74) is 1.87. The average molecular weight is 646 g/mol. The van der Waals surface area contributed by atoms with Crippen LogP contribution < -0.4 is 9.62 Å². The maximum atomic E-state index is 15.3. The molecular weight excluding hydrogens is 608 g/mol. The Hall–Kier alpha value is -4.57. The minimum atomic E-state index is -4.43. The Bertz CT molecular complexity index is 1740. The highest BCUT2D eigenvalue weighted by molar-refractivity contribution is 7.92. The molecule has 240 valence electrons. The highest BCUT2D eigenvalue weighted by atomic mass is 32.2. The second-order valence-corrected chi connectivity index (χ2v) is 13.5. The van der Waals surface area contributed by atoms with Crippen LogP contribution in [-0.4, -0.2) is 43.8 Å². The first-order valence-corrected chi connectivity index (χ1v) is 16.8. The quantitative estimate of drug-likeness (QED) is 0.200. The number of sulfonamides is 1. The first kappa shape index (κ1) is 32.8. The fourth-order valence-corrected chi connectivity index (χ4v) is 7.13. The number of hydrogen-bond donors (Lipinski definition) is 1. The van der Waals surface area contributed by atoms with Gasteiger partial charge in [0.05, 0.1) is 10.6 Å². The van der Waals surface area contributed by atoms with Gasteiger partial charge in [0.15, 0.2) is 0 Å². The Kier molecular flexibility index (Phi) is 10.5. The molecule has 1 fully saturated rings. The molecule has 0 aliphatic heterocycles. The average Bonchev–Trinajstić information content (AvgIpc) is 3.56. The molecule has 2 amide bonds. The van der Waals surface area contributed by atoms with E-state index in [2.05, 4.69) is 5.32 Å². The van der Waals surface area contributed by atoms with Gasteiger partial charge in [0.25, 0.3) is 10.0 Å². The summed E-state index contributed by atoms with van der Waals surface area (Å²) in [5.74, 6) is -2.37. The number of para-hydroxylation sites is 1. The summed E-state index contributed by atoms with van der Waals surface area (Å²) in [7, 11) is -4.43. The van der Waals surface area contributed by atoms with E-state index in [1.165, 1.54) is 59.5 Å². The van der Waals surface area contributed by atoms with E-state index in [4.69, 9.17) is 0 Å². The zero-order valence-electron chi connectivity index (χ0n) is 25.6. The van der Waals surface area contributed by atoms with Gasteiger partial charge >= 0.3 is 0 Å². The van der Waals surface area contributed by atoms with Crippen molar-refractivity contribution in [3.63, 3.8) is 0 Å². The van der Waals surface area contributed by atoms with Gasteiger partial charge in [-0.15, -0.1) is 0 Å². The number of rotatable bonds is 12. The van der Waals surface area contributed by atoms with Gasteiger partial charge in [-0.05, 0) is 67.3 Å². The summed E-state index contributed by atoms with van der Waals surface area (Å²) < 4.78 is 57.9. The number of aryl methyl sites for hydroxylation is 1. The van der Waals surface area contributed by atoms with Crippen molar-refractivity contribution in [1.29, 1.82) is 0 Å². The summed E-state index contributed by atoms with van der Waals surface area (Å²) in [6.07, 6.45) is 3.77. The Labute approximate surface area is 268 Å². The van der Waals surface area contributed by atoms with Crippen LogP contribution in [0.3, 0.4) is 0 Å². The molecule has 0 saturated heterocycles. The summed E-state index contributed by atoms with van der Waals surface area (Å²) in [6, 6.07) is 25.1. The van der Waals surface area contributed by atoms with E-state index >= 15 is 4.39 Å². The Balaban J connectivity index is 1.57. The number of nitrogens with zero attached hydrogens (tertiary/aromatic N) is 2. The van der Waals surface area contributed by atoms with Gasteiger partial charge in [0, 0.05) is 19.0 Å². The van der Waals surface area contributed by atoms with Crippen molar-refractivity contribution in [2.45, 2.75) is 62.6 Å². The maximum Gasteiger partial charge on any atom is 0.264 e. The van der Waals surface area contributed by atoms with Crippen LogP contribution in [0.4, 0.5) is 14.5 Å². The number of benzene rings is 4. The molecule has 1 saturated carbocycles. The number of amides is 2. The first-order valence-electron chi connectivity index (χ1n) is 15.3. The molecule has 5 rings (SSSR count). The van der Waals surface area contributed by atoms with Crippen LogP contribution in [0.15, 0.2) is 108 Å². The van der Waals surface area contributed by atoms with E-state index in [9.17, 15) is 22.4 Å². The van der Waals surface area contributed by atoms with Crippen molar-refractivity contribution in [3.8, 4) is 0 Å². The fourth-order valence-electron chi connectivity index (χ4n) is 5.71. The van der Waals surface area contributed by atoms with Crippen LogP contribution >= 0.6 is 0 Å². The first-order chi connectivity index (χ1) is 22.1. The third kappa shape index (κ3) is 7.98. The number of hydrogen-bond acceptors (Lipinski definition) is 4. The lowest BCUT2D eigenvalue weighted by atomic mass is 10.0. The Morgan fingerprint density at radius 2 is 1.46 bits per heavy atom. The van der Waals surface area contributed by atoms with Gasteiger partial charge in [0.2, 0.25) is 11.8 Å². The second kappa shape index (κ2) is 14.7. The summed E-state index contributed by atoms with van der Waals surface area (Å²) in [6.45, 7) is 0.927. The van der Waals surface area contributed by atoms with Crippen LogP contribution in [0.25, 0.3) is 0 Å². The molecule has 1 aliphatic carbocycles. The molecule has 1 N–H and O–H groups in total. The van der Waals surface area contributed by atoms with E-state index in [1.54, 1.807) is 12.1 Å². The van der Waals surface area contributed by atoms with Crippen molar-refractivity contribution in [3.05, 3.63) is 131 Å². The maximum absolute atomic E-state index is 15.3. The normalized spacial score (nSPS) is 14.1. The van der Waals surface area contributed by atoms with Gasteiger partial charge in [0.1, 0.15) is 24.2 Å². The molecule has 10 heteroatoms. The largest absolute Gasteiger partial charge is 0.352 e. The van der Waals surface area contributed by atoms with Crippen molar-refractivity contribution in [1.82, 2.24) is 10.2 Å². The summed E-state index contributed by atoms with van der Waals surface area (Å²) in [5, 5.41) is 3.10. The third-order valence-electron chi connectivity index (χ3n) is 8.25. The lowest BCUT2D eigenvalue weighted by molar-refractivity contribution is -0.140. The lowest BCUT2D eigenvalue weighted by Gasteiger charge is -2.34. The molecule has 0 radical (unpaired) electrons. The van der Waals surface area contributed by atoms with Crippen LogP contribution in [-0.2, 0) is 32.6 Å². The van der Waals surface area contributed by atoms with Crippen molar-refractivity contribution >= 4 is 27.5 Å². The van der Waals surface area contributed by atoms with Crippen LogP contribution in [0.1, 0.15) is 42.4 Å². The lowest BCUT2D eigenvalue weighted by Crippen LogP contribution is -2.54. The summed E-state index contributed by atoms with van der Waals surface area (Å²) >= 11 is 0. The molecule has 0 bridgehead atoms. The predicted molar refractivity (Wildman–Crippen MR) is 173 cm³/mol. The van der Waals surface area contributed by atoms with Crippen molar-refractivity contribution in [2.75, 3.05) is 10.8 Å². The van der Waals surface area contributed by atoms with E-state index in [-0.39, 0.29) is 35.5 Å². The van der Waals surface area contributed by atoms with Crippen LogP contribution in [0.5, 0.6) is 0 Å². The van der Waals surface area contributed by atoms with Gasteiger partial charge in [-0.3, -0.25) is 13.9 Å². The standard InChI is InChI=1S/C36H37F2N3O4S/c1-26-15-21-31(22-16-26)46(44,45)41(33-14-8-7-13-32(33)38)25-35(42)40(24-28-17-19-29(37)20-18-28)34(23-27-9-3-2-4-10-27)36(43)39-30-11-5-6-12-30/h2-4,7-10,13-22,30,34H,5-6,11-12,23-25H2,1H3,(H,39,43). The van der Waals surface area contributed by atoms with Crippen LogP contribution in [0, 0.1) is 18.6 Å². The monoisotopic (exact) mass is 645 g/mol. The van der Waals surface area contributed by atoms with Crippen molar-refractivity contribution in [2.24, 2.45) is 0 Å².